The van der Waals surface area contributed by atoms with Crippen molar-refractivity contribution in [2.24, 2.45) is 5.92 Å². The van der Waals surface area contributed by atoms with E-state index in [1.807, 2.05) is 0 Å². The molecule has 1 aromatic carbocycles. The van der Waals surface area contributed by atoms with E-state index in [0.717, 1.165) is 0 Å². The zero-order chi connectivity index (χ0) is 20.3. The maximum Gasteiger partial charge on any atom is 0.416 e. The van der Waals surface area contributed by atoms with E-state index in [9.17, 15) is 36.5 Å². The van der Waals surface area contributed by atoms with Gasteiger partial charge in [0.2, 0.25) is 0 Å². The van der Waals surface area contributed by atoms with Gasteiger partial charge in [0, 0.05) is 11.7 Å². The molecule has 146 valence electrons. The van der Waals surface area contributed by atoms with E-state index in [1.165, 1.54) is 0 Å². The number of nitrogens with zero attached hydrogens (tertiary/aromatic N) is 1. The third-order valence-corrected chi connectivity index (χ3v) is 3.48. The van der Waals surface area contributed by atoms with Gasteiger partial charge in [-0.3, -0.25) is 10.1 Å². The fourth-order valence-electron chi connectivity index (χ4n) is 1.81. The highest BCUT2D eigenvalue weighted by Crippen LogP contribution is 2.37. The molecule has 0 bridgehead atoms. The molecule has 0 fully saturated rings. The van der Waals surface area contributed by atoms with Crippen LogP contribution in [0.15, 0.2) is 30.2 Å². The molecule has 0 aliphatic carbocycles. The summed E-state index contributed by atoms with van der Waals surface area (Å²) in [7, 11) is 0. The normalized spacial score (nSPS) is 14.3. The summed E-state index contributed by atoms with van der Waals surface area (Å²) in [6, 6.07) is 0.545. The number of anilines is 1. The Balaban J connectivity index is 3.32. The lowest BCUT2D eigenvalue weighted by Gasteiger charge is -2.21. The van der Waals surface area contributed by atoms with Crippen LogP contribution in [0.25, 0.3) is 0 Å². The molecule has 0 radical (unpaired) electrons. The van der Waals surface area contributed by atoms with Gasteiger partial charge in [-0.15, -0.1) is 0 Å². The number of benzene rings is 1. The second-order valence-corrected chi connectivity index (χ2v) is 5.92. The largest absolute Gasteiger partial charge is 0.416 e. The average molecular weight is 385 g/mol. The van der Waals surface area contributed by atoms with Crippen LogP contribution in [0.1, 0.15) is 31.9 Å². The van der Waals surface area contributed by atoms with E-state index < -0.39 is 34.1 Å². The van der Waals surface area contributed by atoms with Crippen LogP contribution < -0.4 is 10.6 Å². The van der Waals surface area contributed by atoms with Gasteiger partial charge in [-0.2, -0.15) is 26.3 Å². The van der Waals surface area contributed by atoms with Crippen molar-refractivity contribution in [2.75, 3.05) is 5.32 Å². The summed E-state index contributed by atoms with van der Waals surface area (Å²) in [4.78, 5) is 9.82. The van der Waals surface area contributed by atoms with E-state index in [1.54, 1.807) is 20.8 Å². The molecule has 0 saturated carbocycles. The number of nitrogens with one attached hydrogen (secondary N) is 2. The Morgan fingerprint density at radius 1 is 1.04 bits per heavy atom. The Morgan fingerprint density at radius 3 is 1.85 bits per heavy atom. The van der Waals surface area contributed by atoms with E-state index in [0.29, 0.717) is 18.3 Å². The van der Waals surface area contributed by atoms with Crippen LogP contribution in [0.5, 0.6) is 0 Å². The molecule has 1 aromatic rings. The van der Waals surface area contributed by atoms with Crippen molar-refractivity contribution in [3.05, 3.63) is 51.5 Å². The summed E-state index contributed by atoms with van der Waals surface area (Å²) < 4.78 is 77.2. The van der Waals surface area contributed by atoms with Crippen molar-refractivity contribution in [1.82, 2.24) is 5.32 Å². The Hall–Kier alpha value is -2.46. The average Bonchev–Trinajstić information content (AvgIpc) is 2.44. The monoisotopic (exact) mass is 385 g/mol. The first-order valence-electron chi connectivity index (χ1n) is 7.38. The quantitative estimate of drug-likeness (QED) is 0.418. The second-order valence-electron chi connectivity index (χ2n) is 5.92. The summed E-state index contributed by atoms with van der Waals surface area (Å²) in [6.07, 6.45) is -9.58. The minimum Gasteiger partial charge on any atom is -0.364 e. The number of hydrogen-bond donors (Lipinski definition) is 2. The molecule has 5 nitrogen and oxygen atoms in total. The maximum absolute atomic E-state index is 12.9. The lowest BCUT2D eigenvalue weighted by atomic mass is 10.1. The van der Waals surface area contributed by atoms with Crippen molar-refractivity contribution in [3.63, 3.8) is 0 Å². The molecule has 0 heterocycles. The molecular weight excluding hydrogens is 368 g/mol. The number of halogens is 6. The van der Waals surface area contributed by atoms with Crippen LogP contribution in [0.2, 0.25) is 0 Å². The van der Waals surface area contributed by atoms with Gasteiger partial charge in [0.05, 0.1) is 16.1 Å². The fourth-order valence-corrected chi connectivity index (χ4v) is 1.81. The highest BCUT2D eigenvalue weighted by Gasteiger charge is 2.37. The van der Waals surface area contributed by atoms with E-state index in [2.05, 4.69) is 10.6 Å². The molecule has 0 amide bonds. The third kappa shape index (κ3) is 6.45. The zero-order valence-corrected chi connectivity index (χ0v) is 14.0. The lowest BCUT2D eigenvalue weighted by Crippen LogP contribution is -2.33. The van der Waals surface area contributed by atoms with Gasteiger partial charge in [0.1, 0.15) is 0 Å². The minimum absolute atomic E-state index is 0.000741. The molecule has 2 N–H and O–H groups in total. The van der Waals surface area contributed by atoms with Crippen LogP contribution >= 0.6 is 0 Å². The molecule has 1 rings (SSSR count). The van der Waals surface area contributed by atoms with Crippen LogP contribution in [-0.2, 0) is 12.4 Å². The number of alkyl halides is 6. The molecule has 0 aliphatic rings. The summed E-state index contributed by atoms with van der Waals surface area (Å²) in [5.41, 5.74) is -3.62. The van der Waals surface area contributed by atoms with Gasteiger partial charge in [-0.1, -0.05) is 13.8 Å². The topological polar surface area (TPSA) is 67.2 Å². The Kier molecular flexibility index (Phi) is 6.50. The molecular formula is C15H17F6N3O2. The zero-order valence-electron chi connectivity index (χ0n) is 14.0. The van der Waals surface area contributed by atoms with Gasteiger partial charge in [0.25, 0.3) is 6.20 Å². The summed E-state index contributed by atoms with van der Waals surface area (Å²) in [5, 5.41) is 15.6. The van der Waals surface area contributed by atoms with Crippen molar-refractivity contribution in [1.29, 1.82) is 0 Å². The first kappa shape index (κ1) is 21.6. The van der Waals surface area contributed by atoms with E-state index in [4.69, 9.17) is 0 Å². The maximum atomic E-state index is 12.9. The minimum atomic E-state index is -5.01. The molecule has 11 heteroatoms. The third-order valence-electron chi connectivity index (χ3n) is 3.48. The number of nitro groups is 1. The predicted octanol–water partition coefficient (Wildman–Crippen LogP) is 4.85. The molecule has 1 unspecified atom stereocenters. The summed E-state index contributed by atoms with van der Waals surface area (Å²) in [5.74, 6) is -0.331. The van der Waals surface area contributed by atoms with Crippen molar-refractivity contribution in [2.45, 2.75) is 39.2 Å². The first-order valence-corrected chi connectivity index (χ1v) is 7.38. The van der Waals surface area contributed by atoms with E-state index >= 15 is 0 Å². The first-order chi connectivity index (χ1) is 11.7. The Labute approximate surface area is 145 Å². The number of hydrogen-bond acceptors (Lipinski definition) is 4. The van der Waals surface area contributed by atoms with Crippen molar-refractivity contribution >= 4 is 5.69 Å². The molecule has 0 aromatic heterocycles. The molecule has 26 heavy (non-hydrogen) atoms. The summed E-state index contributed by atoms with van der Waals surface area (Å²) >= 11 is 0. The van der Waals surface area contributed by atoms with Crippen LogP contribution in [0.3, 0.4) is 0 Å². The second kappa shape index (κ2) is 7.83. The molecule has 1 atom stereocenters. The van der Waals surface area contributed by atoms with Gasteiger partial charge < -0.3 is 10.6 Å². The Bertz CT molecular complexity index is 651. The molecule has 0 saturated heterocycles. The molecule has 0 spiro atoms. The van der Waals surface area contributed by atoms with Crippen molar-refractivity contribution < 1.29 is 31.3 Å². The number of rotatable bonds is 6. The van der Waals surface area contributed by atoms with Crippen LogP contribution in [0, 0.1) is 16.0 Å². The SMILES string of the molecule is CC(C)C(C)N/C(=C/[N+](=O)[O-])Nc1cc(C(F)(F)F)cc(C(F)(F)F)c1. The smallest absolute Gasteiger partial charge is 0.364 e. The Morgan fingerprint density at radius 2 is 1.50 bits per heavy atom. The van der Waals surface area contributed by atoms with Gasteiger partial charge in [0.15, 0.2) is 5.82 Å². The standard InChI is InChI=1S/C15H17F6N3O2/c1-8(2)9(3)22-13(7-24(25)26)23-12-5-10(14(16,17)18)4-11(6-12)15(19,20)21/h4-9,22-23H,1-3H3/b13-7-. The van der Waals surface area contributed by atoms with Crippen LogP contribution in [-0.4, -0.2) is 11.0 Å². The van der Waals surface area contributed by atoms with Gasteiger partial charge in [-0.05, 0) is 31.0 Å². The molecule has 0 aliphatic heterocycles. The van der Waals surface area contributed by atoms with Gasteiger partial charge >= 0.3 is 12.4 Å². The van der Waals surface area contributed by atoms with E-state index in [-0.39, 0.29) is 23.8 Å². The predicted molar refractivity (Wildman–Crippen MR) is 82.6 cm³/mol. The highest BCUT2D eigenvalue weighted by atomic mass is 19.4. The van der Waals surface area contributed by atoms with Gasteiger partial charge in [-0.25, -0.2) is 0 Å². The van der Waals surface area contributed by atoms with Crippen molar-refractivity contribution in [3.8, 4) is 0 Å². The summed E-state index contributed by atoms with van der Waals surface area (Å²) in [6.45, 7) is 5.23. The lowest BCUT2D eigenvalue weighted by molar-refractivity contribution is -0.403. The van der Waals surface area contributed by atoms with Crippen LogP contribution in [0.4, 0.5) is 32.0 Å². The fraction of sp³-hybridized carbons (Fsp3) is 0.467. The highest BCUT2D eigenvalue weighted by molar-refractivity contribution is 5.53.